The van der Waals surface area contributed by atoms with Gasteiger partial charge in [-0.15, -0.1) is 0 Å². The summed E-state index contributed by atoms with van der Waals surface area (Å²) in [5, 5.41) is 19.6. The zero-order valence-electron chi connectivity index (χ0n) is 18.7. The van der Waals surface area contributed by atoms with Gasteiger partial charge in [0.15, 0.2) is 5.58 Å². The molecule has 1 unspecified atom stereocenters. The summed E-state index contributed by atoms with van der Waals surface area (Å²) < 4.78 is 5.79. The van der Waals surface area contributed by atoms with Gasteiger partial charge in [-0.2, -0.15) is 4.98 Å². The number of allylic oxidation sites excluding steroid dienone is 1. The summed E-state index contributed by atoms with van der Waals surface area (Å²) in [6, 6.07) is 21.8. The van der Waals surface area contributed by atoms with Crippen molar-refractivity contribution >= 4 is 40.6 Å². The third-order valence-corrected chi connectivity index (χ3v) is 5.99. The third kappa shape index (κ3) is 4.83. The smallest absolute Gasteiger partial charge is 0.335 e. The highest BCUT2D eigenvalue weighted by molar-refractivity contribution is 6.31. The Hall–Kier alpha value is -4.30. The number of hydrogen-bond donors (Lipinski definition) is 4. The lowest BCUT2D eigenvalue weighted by atomic mass is 10.0. The molecule has 4 aromatic rings. The fourth-order valence-corrected chi connectivity index (χ4v) is 4.12. The first kappa shape index (κ1) is 22.5. The summed E-state index contributed by atoms with van der Waals surface area (Å²) in [6.45, 7) is 2.43. The average molecular weight is 488 g/mol. The molecule has 0 spiro atoms. The van der Waals surface area contributed by atoms with Crippen molar-refractivity contribution in [2.75, 3.05) is 5.32 Å². The molecule has 35 heavy (non-hydrogen) atoms. The lowest BCUT2D eigenvalue weighted by Gasteiger charge is -2.28. The predicted octanol–water partition coefficient (Wildman–Crippen LogP) is 5.31. The first-order chi connectivity index (χ1) is 17.0. The molecule has 5 rings (SSSR count). The number of nitrogens with zero attached hydrogens (tertiary/aromatic N) is 2. The molecule has 0 aliphatic carbocycles. The molecule has 0 saturated heterocycles. The number of halogens is 1. The number of nitrogens with one attached hydrogen (secondary N) is 3. The minimum Gasteiger partial charge on any atom is -0.478 e. The average Bonchev–Trinajstić information content (AvgIpc) is 3.26. The van der Waals surface area contributed by atoms with Gasteiger partial charge in [-0.3, -0.25) is 5.32 Å². The molecule has 0 fully saturated rings. The number of hydrogen-bond acceptors (Lipinski definition) is 7. The number of carboxylic acid groups (broad SMARTS) is 1. The van der Waals surface area contributed by atoms with Gasteiger partial charge in [0, 0.05) is 22.8 Å². The summed E-state index contributed by atoms with van der Waals surface area (Å²) in [4.78, 5) is 20.5. The van der Waals surface area contributed by atoms with E-state index < -0.39 is 12.0 Å². The van der Waals surface area contributed by atoms with Crippen LogP contribution in [0, 0.1) is 0 Å². The van der Waals surface area contributed by atoms with Crippen molar-refractivity contribution in [3.8, 4) is 0 Å². The van der Waals surface area contributed by atoms with Gasteiger partial charge in [-0.1, -0.05) is 54.1 Å². The van der Waals surface area contributed by atoms with Crippen LogP contribution in [0.15, 0.2) is 93.6 Å². The molecule has 1 aromatic heterocycles. The van der Waals surface area contributed by atoms with Crippen LogP contribution in [-0.2, 0) is 6.54 Å². The fraction of sp³-hybridized carbons (Fsp3) is 0.115. The number of para-hydroxylation sites is 2. The predicted molar refractivity (Wildman–Crippen MR) is 135 cm³/mol. The highest BCUT2D eigenvalue weighted by atomic mass is 35.5. The molecule has 0 radical (unpaired) electrons. The number of fused-ring (bicyclic) bond motifs is 1. The topological polar surface area (TPSA) is 112 Å². The molecule has 1 aliphatic rings. The van der Waals surface area contributed by atoms with Crippen molar-refractivity contribution < 1.29 is 14.3 Å². The van der Waals surface area contributed by atoms with Crippen LogP contribution in [0.1, 0.15) is 34.5 Å². The minimum absolute atomic E-state index is 0.247. The van der Waals surface area contributed by atoms with Crippen LogP contribution in [0.5, 0.6) is 0 Å². The number of carboxylic acids is 1. The Morgan fingerprint density at radius 2 is 1.83 bits per heavy atom. The van der Waals surface area contributed by atoms with Crippen LogP contribution < -0.4 is 16.0 Å². The van der Waals surface area contributed by atoms with Gasteiger partial charge in [0.1, 0.15) is 11.6 Å². The van der Waals surface area contributed by atoms with E-state index in [1.165, 1.54) is 0 Å². The van der Waals surface area contributed by atoms with E-state index in [0.717, 1.165) is 28.0 Å². The first-order valence-electron chi connectivity index (χ1n) is 11.0. The number of guanidine groups is 1. The van der Waals surface area contributed by atoms with Crippen LogP contribution in [0.25, 0.3) is 11.1 Å². The van der Waals surface area contributed by atoms with Gasteiger partial charge in [-0.05, 0) is 42.8 Å². The molecule has 2 heterocycles. The summed E-state index contributed by atoms with van der Waals surface area (Å²) in [5.41, 5.74) is 5.16. The second-order valence-electron chi connectivity index (χ2n) is 8.03. The van der Waals surface area contributed by atoms with E-state index in [9.17, 15) is 4.79 Å². The van der Waals surface area contributed by atoms with Crippen LogP contribution in [0.2, 0.25) is 5.02 Å². The Kier molecular flexibility index (Phi) is 6.12. The molecule has 4 N–H and O–H groups in total. The van der Waals surface area contributed by atoms with E-state index in [1.807, 2.05) is 55.5 Å². The van der Waals surface area contributed by atoms with Gasteiger partial charge in [0.05, 0.1) is 11.3 Å². The SMILES string of the molecule is CC1=C(NCc2ccc(C(=O)O)cc2)C(c2ccccc2Cl)N=C(Nc2nc3ccccc3o2)N1. The molecule has 0 bridgehead atoms. The number of benzene rings is 3. The maximum absolute atomic E-state index is 11.1. The van der Waals surface area contributed by atoms with E-state index in [4.69, 9.17) is 26.1 Å². The van der Waals surface area contributed by atoms with Crippen LogP contribution in [-0.4, -0.2) is 22.0 Å². The normalized spacial score (nSPS) is 15.5. The van der Waals surface area contributed by atoms with Gasteiger partial charge in [-0.25, -0.2) is 9.79 Å². The number of anilines is 1. The Balaban J connectivity index is 1.42. The second kappa shape index (κ2) is 9.52. The molecule has 8 nitrogen and oxygen atoms in total. The Bertz CT molecular complexity index is 1430. The highest BCUT2D eigenvalue weighted by Gasteiger charge is 2.26. The molecular formula is C26H22ClN5O3. The summed E-state index contributed by atoms with van der Waals surface area (Å²) >= 11 is 6.55. The maximum Gasteiger partial charge on any atom is 0.335 e. The fourth-order valence-electron chi connectivity index (χ4n) is 3.88. The van der Waals surface area contributed by atoms with E-state index in [0.29, 0.717) is 29.1 Å². The minimum atomic E-state index is -0.952. The lowest BCUT2D eigenvalue weighted by molar-refractivity contribution is 0.0697. The van der Waals surface area contributed by atoms with Gasteiger partial charge < -0.3 is 20.2 Å². The number of aromatic carboxylic acids is 1. The number of rotatable bonds is 6. The summed E-state index contributed by atoms with van der Waals surface area (Å²) in [7, 11) is 0. The van der Waals surface area contributed by atoms with Crippen LogP contribution in [0.4, 0.5) is 6.01 Å². The molecule has 3 aromatic carbocycles. The van der Waals surface area contributed by atoms with Gasteiger partial charge >= 0.3 is 12.0 Å². The van der Waals surface area contributed by atoms with E-state index >= 15 is 0 Å². The second-order valence-corrected chi connectivity index (χ2v) is 8.44. The third-order valence-electron chi connectivity index (χ3n) is 5.64. The molecule has 1 aliphatic heterocycles. The maximum atomic E-state index is 11.1. The van der Waals surface area contributed by atoms with Crippen molar-refractivity contribution in [1.82, 2.24) is 15.6 Å². The highest BCUT2D eigenvalue weighted by Crippen LogP contribution is 2.33. The van der Waals surface area contributed by atoms with Gasteiger partial charge in [0.25, 0.3) is 0 Å². The molecule has 0 saturated carbocycles. The number of oxazole rings is 1. The molecule has 1 atom stereocenters. The van der Waals surface area contributed by atoms with Crippen molar-refractivity contribution in [3.63, 3.8) is 0 Å². The van der Waals surface area contributed by atoms with Crippen LogP contribution >= 0.6 is 11.6 Å². The molecule has 9 heteroatoms. The van der Waals surface area contributed by atoms with E-state index in [-0.39, 0.29) is 5.56 Å². The van der Waals surface area contributed by atoms with Crippen molar-refractivity contribution in [2.45, 2.75) is 19.5 Å². The van der Waals surface area contributed by atoms with E-state index in [2.05, 4.69) is 20.9 Å². The van der Waals surface area contributed by atoms with Crippen molar-refractivity contribution in [2.24, 2.45) is 4.99 Å². The first-order valence-corrected chi connectivity index (χ1v) is 11.3. The Morgan fingerprint density at radius 1 is 1.09 bits per heavy atom. The summed E-state index contributed by atoms with van der Waals surface area (Å²) in [6.07, 6.45) is 0. The zero-order valence-corrected chi connectivity index (χ0v) is 19.5. The van der Waals surface area contributed by atoms with Crippen LogP contribution in [0.3, 0.4) is 0 Å². The number of aliphatic imine (C=N–C) groups is 1. The number of aromatic nitrogens is 1. The Labute approximate surface area is 206 Å². The van der Waals surface area contributed by atoms with Crippen molar-refractivity contribution in [1.29, 1.82) is 0 Å². The van der Waals surface area contributed by atoms with Crippen molar-refractivity contribution in [3.05, 3.63) is 106 Å². The Morgan fingerprint density at radius 3 is 2.57 bits per heavy atom. The van der Waals surface area contributed by atoms with E-state index in [1.54, 1.807) is 24.3 Å². The molecule has 0 amide bonds. The number of carbonyl (C=O) groups is 1. The molecule has 176 valence electrons. The standard InChI is InChI=1S/C26H22ClN5O3/c1-15-22(28-14-16-10-12-17(13-11-16)24(33)34)23(18-6-2-3-7-19(18)27)31-25(29-15)32-26-30-20-8-4-5-9-21(20)35-26/h2-13,23,28H,14H2,1H3,(H,33,34)(H2,29,30,31,32). The largest absolute Gasteiger partial charge is 0.478 e. The quantitative estimate of drug-likeness (QED) is 0.291. The molecular weight excluding hydrogens is 466 g/mol. The monoisotopic (exact) mass is 487 g/mol. The lowest BCUT2D eigenvalue weighted by Crippen LogP contribution is -2.38. The van der Waals surface area contributed by atoms with Gasteiger partial charge in [0.2, 0.25) is 5.96 Å². The zero-order chi connectivity index (χ0) is 24.4. The summed E-state index contributed by atoms with van der Waals surface area (Å²) in [5.74, 6) is -0.470.